The second-order valence-corrected chi connectivity index (χ2v) is 0.600. The Morgan fingerprint density at radius 1 is 2.00 bits per heavy atom. The van der Waals surface area contributed by atoms with Crippen LogP contribution >= 0.6 is 8.19 Å². The van der Waals surface area contributed by atoms with Crippen LogP contribution in [0.1, 0.15) is 0 Å². The number of nitrogens with zero attached hydrogens (tertiary/aromatic N) is 1. The Balaban J connectivity index is 3.14. The van der Waals surface area contributed by atoms with Crippen LogP contribution in [-0.4, -0.2) is 0 Å². The SMILES string of the molecule is [C]#[P][N+]#[C-]. The Morgan fingerprint density at radius 2 is 2.25 bits per heavy atom. The summed E-state index contributed by atoms with van der Waals surface area (Å²) >= 11 is 0. The van der Waals surface area contributed by atoms with Gasteiger partial charge in [0.2, 0.25) is 0 Å². The minimum absolute atomic E-state index is 0.0401. The first-order chi connectivity index (χ1) is 1.91. The Kier molecular flexibility index (Phi) is 2.50. The van der Waals surface area contributed by atoms with Crippen LogP contribution in [0.5, 0.6) is 0 Å². The molecule has 0 rings (SSSR count). The Morgan fingerprint density at radius 3 is 2.25 bits per heavy atom. The summed E-state index contributed by atoms with van der Waals surface area (Å²) in [5.41, 5.74) is 0. The quantitative estimate of drug-likeness (QED) is 0.298. The second-order valence-electron chi connectivity index (χ2n) is 0.200. The third-order valence-corrected chi connectivity index (χ3v) is 0.150. The van der Waals surface area contributed by atoms with E-state index in [0.717, 1.165) is 0 Å². The van der Waals surface area contributed by atoms with Crippen LogP contribution < -0.4 is 0 Å². The van der Waals surface area contributed by atoms with E-state index in [4.69, 9.17) is 12.7 Å². The van der Waals surface area contributed by atoms with Crippen molar-refractivity contribution in [2.75, 3.05) is 0 Å². The number of rotatable bonds is 0. The van der Waals surface area contributed by atoms with Gasteiger partial charge in [-0.15, -0.1) is 0 Å². The maximum absolute atomic E-state index is 6.07. The van der Waals surface area contributed by atoms with Crippen LogP contribution in [0.2, 0.25) is 0 Å². The van der Waals surface area contributed by atoms with E-state index in [1.54, 1.807) is 0 Å². The molecular weight excluding hydrogens is 69.0 g/mol. The van der Waals surface area contributed by atoms with Gasteiger partial charge in [0.15, 0.2) is 0 Å². The zero-order valence-corrected chi connectivity index (χ0v) is 2.79. The van der Waals surface area contributed by atoms with Gasteiger partial charge in [0.05, 0.1) is 0 Å². The summed E-state index contributed by atoms with van der Waals surface area (Å²) in [6, 6.07) is 0. The summed E-state index contributed by atoms with van der Waals surface area (Å²) in [4.78, 5) is 0. The molecule has 0 aromatic heterocycles. The van der Waals surface area contributed by atoms with Crippen molar-refractivity contribution in [3.8, 4) is 0 Å². The molecular formula is C2NP. The molecule has 0 aromatic carbocycles. The van der Waals surface area contributed by atoms with Crippen LogP contribution in [0.25, 0.3) is 4.62 Å². The Bertz CT molecular complexity index is 61.0. The first-order valence-electron chi connectivity index (χ1n) is 0.647. The maximum atomic E-state index is 6.07. The van der Waals surface area contributed by atoms with Crippen molar-refractivity contribution >= 4 is 8.19 Å². The fourth-order valence-corrected chi connectivity index (χ4v) is 0. The van der Waals surface area contributed by atoms with Crippen molar-refractivity contribution in [3.05, 3.63) is 17.3 Å². The van der Waals surface area contributed by atoms with Gasteiger partial charge in [-0.1, -0.05) is 0 Å². The molecule has 0 saturated heterocycles. The predicted molar refractivity (Wildman–Crippen MR) is 16.8 cm³/mol. The van der Waals surface area contributed by atoms with Crippen molar-refractivity contribution in [3.63, 3.8) is 0 Å². The molecule has 2 radical (unpaired) electrons. The van der Waals surface area contributed by atoms with Crippen molar-refractivity contribution in [1.82, 2.24) is 0 Å². The van der Waals surface area contributed by atoms with Gasteiger partial charge in [0.25, 0.3) is 0 Å². The molecule has 0 spiro atoms. The molecule has 4 heavy (non-hydrogen) atoms. The fourth-order valence-electron chi connectivity index (χ4n) is 0. The van der Waals surface area contributed by atoms with Crippen molar-refractivity contribution in [2.24, 2.45) is 0 Å². The summed E-state index contributed by atoms with van der Waals surface area (Å²) in [5, 5.41) is 0. The third-order valence-electron chi connectivity index (χ3n) is 0.0500. The topological polar surface area (TPSA) is 4.36 Å². The zero-order chi connectivity index (χ0) is 3.41. The molecule has 0 N–H and O–H groups in total. The molecule has 0 aliphatic heterocycles. The average Bonchev–Trinajstić information content (AvgIpc) is 1.37. The average molecular weight is 69.0 g/mol. The molecule has 18 valence electrons. The van der Waals surface area contributed by atoms with Crippen LogP contribution in [0.15, 0.2) is 0 Å². The fraction of sp³-hybridized carbons (Fsp3) is 0. The molecule has 0 unspecified atom stereocenters. The summed E-state index contributed by atoms with van der Waals surface area (Å²) in [6.07, 6.45) is 6.07. The summed E-state index contributed by atoms with van der Waals surface area (Å²) < 4.78 is 2.62. The van der Waals surface area contributed by atoms with Gasteiger partial charge in [0, 0.05) is 0 Å². The van der Waals surface area contributed by atoms with E-state index in [1.165, 1.54) is 0 Å². The van der Waals surface area contributed by atoms with Crippen LogP contribution in [0, 0.1) is 12.7 Å². The third kappa shape index (κ3) is 1.70. The van der Waals surface area contributed by atoms with Crippen molar-refractivity contribution in [2.45, 2.75) is 0 Å². The first kappa shape index (κ1) is 3.70. The summed E-state index contributed by atoms with van der Waals surface area (Å²) in [5.74, 6) is 0. The van der Waals surface area contributed by atoms with Crippen LogP contribution in [0.4, 0.5) is 0 Å². The van der Waals surface area contributed by atoms with Gasteiger partial charge in [-0.25, -0.2) is 0 Å². The summed E-state index contributed by atoms with van der Waals surface area (Å²) in [7, 11) is 0.0401. The first-order valence-corrected chi connectivity index (χ1v) is 1.49. The molecule has 0 aliphatic carbocycles. The van der Waals surface area contributed by atoms with Crippen LogP contribution in [-0.2, 0) is 0 Å². The van der Waals surface area contributed by atoms with E-state index < -0.39 is 0 Å². The standard InChI is InChI=1S/C2NP/c1-3-4-2. The normalized spacial score (nSPS) is 3.50. The Labute approximate surface area is 26.6 Å². The van der Waals surface area contributed by atoms with E-state index in [-0.39, 0.29) is 8.19 Å². The zero-order valence-electron chi connectivity index (χ0n) is 1.89. The van der Waals surface area contributed by atoms with E-state index in [9.17, 15) is 0 Å². The molecule has 0 saturated carbocycles. The van der Waals surface area contributed by atoms with Gasteiger partial charge in [-0.2, -0.15) is 0 Å². The molecule has 0 amide bonds. The molecule has 1 nitrogen and oxygen atoms in total. The minimum atomic E-state index is 0.0401. The van der Waals surface area contributed by atoms with E-state index in [1.807, 2.05) is 0 Å². The number of hydrogen-bond donors (Lipinski definition) is 0. The van der Waals surface area contributed by atoms with Gasteiger partial charge in [-0.05, 0) is 0 Å². The Hall–Kier alpha value is -0.300. The monoisotopic (exact) mass is 69.0 g/mol. The van der Waals surface area contributed by atoms with E-state index in [0.29, 0.717) is 0 Å². The van der Waals surface area contributed by atoms with Gasteiger partial charge >= 0.3 is 25.5 Å². The molecule has 0 bridgehead atoms. The van der Waals surface area contributed by atoms with Gasteiger partial charge in [0.1, 0.15) is 0 Å². The van der Waals surface area contributed by atoms with Gasteiger partial charge < -0.3 is 0 Å². The van der Waals surface area contributed by atoms with Crippen LogP contribution in [0.3, 0.4) is 0 Å². The molecule has 0 atom stereocenters. The van der Waals surface area contributed by atoms with Crippen molar-refractivity contribution in [1.29, 1.82) is 0 Å². The molecule has 0 heterocycles. The molecule has 2 heteroatoms. The van der Waals surface area contributed by atoms with Gasteiger partial charge in [-0.3, -0.25) is 0 Å². The van der Waals surface area contributed by atoms with E-state index >= 15 is 0 Å². The predicted octanol–water partition coefficient (Wildman–Crippen LogP) is 1.31. The molecule has 0 aromatic rings. The summed E-state index contributed by atoms with van der Waals surface area (Å²) in [6.45, 7) is 5.88. The second kappa shape index (κ2) is 2.70. The molecule has 0 aliphatic rings. The van der Waals surface area contributed by atoms with Crippen molar-refractivity contribution < 1.29 is 0 Å². The van der Waals surface area contributed by atoms with E-state index in [2.05, 4.69) is 4.62 Å². The number of hydrogen-bond acceptors (Lipinski definition) is 0. The molecule has 0 fully saturated rings.